The molecular formula is C25H39N. The third kappa shape index (κ3) is 8.25. The highest BCUT2D eigenvalue weighted by molar-refractivity contribution is 5.24. The molecule has 1 nitrogen and oxygen atoms in total. The van der Waals surface area contributed by atoms with Gasteiger partial charge in [0, 0.05) is 12.6 Å². The van der Waals surface area contributed by atoms with Gasteiger partial charge in [0.1, 0.15) is 0 Å². The van der Waals surface area contributed by atoms with E-state index in [1.807, 2.05) is 0 Å². The van der Waals surface area contributed by atoms with Crippen LogP contribution in [0.2, 0.25) is 0 Å². The van der Waals surface area contributed by atoms with Gasteiger partial charge in [-0.1, -0.05) is 101 Å². The predicted molar refractivity (Wildman–Crippen MR) is 115 cm³/mol. The molecule has 0 N–H and O–H groups in total. The maximum Gasteiger partial charge on any atom is 0.0446 e. The van der Waals surface area contributed by atoms with Crippen LogP contribution < -0.4 is 0 Å². The van der Waals surface area contributed by atoms with Crippen LogP contribution >= 0.6 is 0 Å². The zero-order valence-electron chi connectivity index (χ0n) is 17.1. The molecule has 0 aromatic heterocycles. The van der Waals surface area contributed by atoms with Crippen molar-refractivity contribution in [1.29, 1.82) is 0 Å². The molecular weight excluding hydrogens is 314 g/mol. The van der Waals surface area contributed by atoms with Gasteiger partial charge in [0.2, 0.25) is 0 Å². The summed E-state index contributed by atoms with van der Waals surface area (Å²) in [4.78, 5) is 2.39. The van der Waals surface area contributed by atoms with E-state index >= 15 is 0 Å². The number of allylic oxidation sites excluding steroid dienone is 2. The first-order chi connectivity index (χ1) is 12.8. The molecule has 1 unspecified atom stereocenters. The molecule has 0 fully saturated rings. The lowest BCUT2D eigenvalue weighted by Crippen LogP contribution is -2.27. The lowest BCUT2D eigenvalue weighted by Gasteiger charge is -2.27. The quantitative estimate of drug-likeness (QED) is 0.333. The number of aryl methyl sites for hydroxylation is 1. The highest BCUT2D eigenvalue weighted by atomic mass is 15.1. The molecule has 1 heterocycles. The smallest absolute Gasteiger partial charge is 0.0446 e. The average Bonchev–Trinajstić information content (AvgIpc) is 2.66. The fraction of sp³-hybridized carbons (Fsp3) is 0.600. The van der Waals surface area contributed by atoms with Crippen LogP contribution in [0.15, 0.2) is 48.7 Å². The van der Waals surface area contributed by atoms with E-state index in [2.05, 4.69) is 67.4 Å². The van der Waals surface area contributed by atoms with Crippen LogP contribution in [0.1, 0.15) is 89.2 Å². The minimum absolute atomic E-state index is 0.492. The molecule has 0 bridgehead atoms. The molecule has 1 aliphatic rings. The van der Waals surface area contributed by atoms with E-state index in [-0.39, 0.29) is 0 Å². The molecule has 26 heavy (non-hydrogen) atoms. The number of hydrogen-bond donors (Lipinski definition) is 0. The normalized spacial score (nSPS) is 16.4. The summed E-state index contributed by atoms with van der Waals surface area (Å²) in [6, 6.07) is 9.77. The molecule has 1 atom stereocenters. The van der Waals surface area contributed by atoms with Crippen molar-refractivity contribution in [1.82, 2.24) is 4.90 Å². The monoisotopic (exact) mass is 353 g/mol. The van der Waals surface area contributed by atoms with Crippen LogP contribution in [-0.2, 0) is 13.0 Å². The standard InChI is InChI=1S/C25H39N/c1-3-4-5-6-7-8-9-10-11-12-16-24-17-19-25(20-18-24)22-26-21-14-13-15-23(26)2/h13-15,17-21,23H,3-12,16,22H2,1-2H3. The van der Waals surface area contributed by atoms with E-state index in [0.29, 0.717) is 6.04 Å². The number of benzene rings is 1. The van der Waals surface area contributed by atoms with Crippen molar-refractivity contribution < 1.29 is 0 Å². The zero-order valence-corrected chi connectivity index (χ0v) is 17.1. The van der Waals surface area contributed by atoms with E-state index in [1.54, 1.807) is 0 Å². The largest absolute Gasteiger partial charge is 0.367 e. The third-order valence-electron chi connectivity index (χ3n) is 5.51. The van der Waals surface area contributed by atoms with E-state index in [9.17, 15) is 0 Å². The van der Waals surface area contributed by atoms with Crippen molar-refractivity contribution in [2.24, 2.45) is 0 Å². The minimum Gasteiger partial charge on any atom is -0.367 e. The van der Waals surface area contributed by atoms with Gasteiger partial charge >= 0.3 is 0 Å². The number of nitrogens with zero attached hydrogens (tertiary/aromatic N) is 1. The summed E-state index contributed by atoms with van der Waals surface area (Å²) < 4.78 is 0. The van der Waals surface area contributed by atoms with E-state index in [4.69, 9.17) is 0 Å². The Labute approximate surface area is 162 Å². The Morgan fingerprint density at radius 2 is 1.31 bits per heavy atom. The molecule has 1 aromatic rings. The Morgan fingerprint density at radius 1 is 0.731 bits per heavy atom. The number of rotatable bonds is 13. The SMILES string of the molecule is CCCCCCCCCCCCc1ccc(CN2C=CC=CC2C)cc1. The molecule has 0 saturated heterocycles. The Kier molecular flexibility index (Phi) is 10.2. The van der Waals surface area contributed by atoms with Crippen molar-refractivity contribution in [3.63, 3.8) is 0 Å². The highest BCUT2D eigenvalue weighted by Crippen LogP contribution is 2.16. The Hall–Kier alpha value is -1.50. The van der Waals surface area contributed by atoms with Crippen LogP contribution in [0.5, 0.6) is 0 Å². The first kappa shape index (κ1) is 20.8. The molecule has 0 amide bonds. The molecule has 0 radical (unpaired) electrons. The van der Waals surface area contributed by atoms with Crippen molar-refractivity contribution >= 4 is 0 Å². The Morgan fingerprint density at radius 3 is 1.92 bits per heavy atom. The second-order valence-corrected chi connectivity index (χ2v) is 7.89. The van der Waals surface area contributed by atoms with Crippen LogP contribution in [0, 0.1) is 0 Å². The lowest BCUT2D eigenvalue weighted by molar-refractivity contribution is 0.325. The summed E-state index contributed by atoms with van der Waals surface area (Å²) in [6.45, 7) is 5.54. The van der Waals surface area contributed by atoms with Crippen molar-refractivity contribution in [3.8, 4) is 0 Å². The second-order valence-electron chi connectivity index (χ2n) is 7.89. The fourth-order valence-corrected chi connectivity index (χ4v) is 3.67. The van der Waals surface area contributed by atoms with E-state index < -0.39 is 0 Å². The van der Waals surface area contributed by atoms with Crippen LogP contribution in [0.25, 0.3) is 0 Å². The van der Waals surface area contributed by atoms with Crippen molar-refractivity contribution in [2.45, 2.75) is 97.1 Å². The van der Waals surface area contributed by atoms with E-state index in [1.165, 1.54) is 81.8 Å². The molecule has 0 aliphatic carbocycles. The molecule has 0 spiro atoms. The van der Waals surface area contributed by atoms with Crippen LogP contribution in [0.4, 0.5) is 0 Å². The Bertz CT molecular complexity index is 526. The maximum absolute atomic E-state index is 2.39. The first-order valence-electron chi connectivity index (χ1n) is 11.0. The average molecular weight is 354 g/mol. The van der Waals surface area contributed by atoms with Gasteiger partial charge in [-0.3, -0.25) is 0 Å². The molecule has 1 aliphatic heterocycles. The molecule has 1 heteroatoms. The van der Waals surface area contributed by atoms with Crippen molar-refractivity contribution in [3.05, 3.63) is 59.8 Å². The molecule has 2 rings (SSSR count). The van der Waals surface area contributed by atoms with Gasteiger partial charge in [-0.05, 0) is 43.2 Å². The zero-order chi connectivity index (χ0) is 18.5. The molecule has 1 aromatic carbocycles. The summed E-state index contributed by atoms with van der Waals surface area (Å²) >= 11 is 0. The lowest BCUT2D eigenvalue weighted by atomic mass is 10.0. The summed E-state index contributed by atoms with van der Waals surface area (Å²) in [5.41, 5.74) is 2.90. The van der Waals surface area contributed by atoms with Gasteiger partial charge in [-0.2, -0.15) is 0 Å². The minimum atomic E-state index is 0.492. The number of hydrogen-bond acceptors (Lipinski definition) is 1. The van der Waals surface area contributed by atoms with Crippen LogP contribution in [-0.4, -0.2) is 10.9 Å². The first-order valence-corrected chi connectivity index (χ1v) is 11.0. The van der Waals surface area contributed by atoms with Crippen LogP contribution in [0.3, 0.4) is 0 Å². The van der Waals surface area contributed by atoms with E-state index in [0.717, 1.165) is 6.54 Å². The van der Waals surface area contributed by atoms with Gasteiger partial charge in [0.25, 0.3) is 0 Å². The highest BCUT2D eigenvalue weighted by Gasteiger charge is 2.09. The van der Waals surface area contributed by atoms with Gasteiger partial charge in [0.05, 0.1) is 0 Å². The fourth-order valence-electron chi connectivity index (χ4n) is 3.67. The summed E-state index contributed by atoms with van der Waals surface area (Å²) in [5, 5.41) is 0. The van der Waals surface area contributed by atoms with Crippen molar-refractivity contribution in [2.75, 3.05) is 0 Å². The Balaban J connectivity index is 1.54. The topological polar surface area (TPSA) is 3.24 Å². The maximum atomic E-state index is 2.39. The third-order valence-corrected chi connectivity index (χ3v) is 5.51. The van der Waals surface area contributed by atoms with Gasteiger partial charge in [0.15, 0.2) is 0 Å². The number of unbranched alkanes of at least 4 members (excludes halogenated alkanes) is 9. The summed E-state index contributed by atoms with van der Waals surface area (Å²) in [6.07, 6.45) is 24.1. The molecule has 0 saturated carbocycles. The summed E-state index contributed by atoms with van der Waals surface area (Å²) in [7, 11) is 0. The molecule has 144 valence electrons. The van der Waals surface area contributed by atoms with Gasteiger partial charge in [-0.25, -0.2) is 0 Å². The van der Waals surface area contributed by atoms with Gasteiger partial charge < -0.3 is 4.90 Å². The summed E-state index contributed by atoms with van der Waals surface area (Å²) in [5.74, 6) is 0. The predicted octanol–water partition coefficient (Wildman–Crippen LogP) is 7.42. The van der Waals surface area contributed by atoms with Gasteiger partial charge in [-0.15, -0.1) is 0 Å². The second kappa shape index (κ2) is 12.8.